The van der Waals surface area contributed by atoms with Gasteiger partial charge < -0.3 is 15.4 Å². The first-order valence-corrected chi connectivity index (χ1v) is 7.44. The molecule has 5 heteroatoms. The minimum atomic E-state index is -0.0218. The molecule has 1 heterocycles. The maximum atomic E-state index is 12.1. The molecule has 20 heavy (non-hydrogen) atoms. The molecular weight excluding hydrogens is 276 g/mol. The monoisotopic (exact) mass is 296 g/mol. The van der Waals surface area contributed by atoms with Crippen LogP contribution in [-0.2, 0) is 9.53 Å². The summed E-state index contributed by atoms with van der Waals surface area (Å²) in [4.78, 5) is 12.1. The largest absolute Gasteiger partial charge is 0.375 e. The van der Waals surface area contributed by atoms with Crippen LogP contribution in [0.25, 0.3) is 0 Å². The fourth-order valence-electron chi connectivity index (χ4n) is 2.33. The molecule has 1 fully saturated rings. The number of rotatable bonds is 5. The summed E-state index contributed by atoms with van der Waals surface area (Å²) in [6.45, 7) is 4.33. The second kappa shape index (κ2) is 7.62. The second-order valence-corrected chi connectivity index (χ2v) is 5.42. The van der Waals surface area contributed by atoms with Crippen LogP contribution in [-0.4, -0.2) is 31.7 Å². The minimum absolute atomic E-state index is 0.0218. The molecule has 1 aliphatic rings. The zero-order valence-corrected chi connectivity index (χ0v) is 12.5. The van der Waals surface area contributed by atoms with E-state index in [-0.39, 0.29) is 18.1 Å². The SMILES string of the molecule is CCC(NC(=O)CC1CNCCO1)c1ccc(Cl)cc1. The van der Waals surface area contributed by atoms with Crippen molar-refractivity contribution in [3.8, 4) is 0 Å². The lowest BCUT2D eigenvalue weighted by atomic mass is 10.0. The molecule has 2 atom stereocenters. The van der Waals surface area contributed by atoms with Gasteiger partial charge in [0.1, 0.15) is 0 Å². The predicted molar refractivity (Wildman–Crippen MR) is 79.9 cm³/mol. The first-order chi connectivity index (χ1) is 9.69. The summed E-state index contributed by atoms with van der Waals surface area (Å²) in [6.07, 6.45) is 1.22. The lowest BCUT2D eigenvalue weighted by Gasteiger charge is -2.24. The number of benzene rings is 1. The zero-order valence-electron chi connectivity index (χ0n) is 11.7. The lowest BCUT2D eigenvalue weighted by molar-refractivity contribution is -0.125. The molecule has 110 valence electrons. The third-order valence-electron chi connectivity index (χ3n) is 3.43. The molecular formula is C15H21ClN2O2. The van der Waals surface area contributed by atoms with Crippen LogP contribution in [0.5, 0.6) is 0 Å². The minimum Gasteiger partial charge on any atom is -0.375 e. The van der Waals surface area contributed by atoms with E-state index in [0.29, 0.717) is 18.1 Å². The van der Waals surface area contributed by atoms with Gasteiger partial charge in [0.25, 0.3) is 0 Å². The summed E-state index contributed by atoms with van der Waals surface area (Å²) in [6, 6.07) is 7.63. The molecule has 1 amide bonds. The molecule has 2 N–H and O–H groups in total. The van der Waals surface area contributed by atoms with Gasteiger partial charge in [0.15, 0.2) is 0 Å². The number of carbonyl (C=O) groups is 1. The fraction of sp³-hybridized carbons (Fsp3) is 0.533. The van der Waals surface area contributed by atoms with Gasteiger partial charge in [0, 0.05) is 18.1 Å². The van der Waals surface area contributed by atoms with Gasteiger partial charge in [0.05, 0.1) is 25.2 Å². The molecule has 1 aromatic carbocycles. The normalized spacial score (nSPS) is 20.4. The molecule has 4 nitrogen and oxygen atoms in total. The van der Waals surface area contributed by atoms with Crippen LogP contribution in [0.15, 0.2) is 24.3 Å². The number of morpholine rings is 1. The third kappa shape index (κ3) is 4.47. The van der Waals surface area contributed by atoms with Gasteiger partial charge in [-0.3, -0.25) is 4.79 Å². The molecule has 1 aromatic rings. The van der Waals surface area contributed by atoms with Crippen LogP contribution >= 0.6 is 11.6 Å². The summed E-state index contributed by atoms with van der Waals surface area (Å²) in [5.41, 5.74) is 1.08. The Morgan fingerprint density at radius 1 is 1.50 bits per heavy atom. The smallest absolute Gasteiger partial charge is 0.223 e. The molecule has 0 saturated carbocycles. The maximum absolute atomic E-state index is 12.1. The van der Waals surface area contributed by atoms with E-state index in [9.17, 15) is 4.79 Å². The standard InChI is InChI=1S/C15H21ClN2O2/c1-2-14(11-3-5-12(16)6-4-11)18-15(19)9-13-10-17-7-8-20-13/h3-6,13-14,17H,2,7-10H2,1H3,(H,18,19). The Balaban J connectivity index is 1.88. The average Bonchev–Trinajstić information content (AvgIpc) is 2.47. The quantitative estimate of drug-likeness (QED) is 0.876. The maximum Gasteiger partial charge on any atom is 0.223 e. The molecule has 0 aliphatic carbocycles. The van der Waals surface area contributed by atoms with Crippen LogP contribution in [0.3, 0.4) is 0 Å². The molecule has 0 bridgehead atoms. The molecule has 0 aromatic heterocycles. The summed E-state index contributed by atoms with van der Waals surface area (Å²) in [5.74, 6) is 0.0282. The molecule has 1 aliphatic heterocycles. The molecule has 1 saturated heterocycles. The predicted octanol–water partition coefficient (Wildman–Crippen LogP) is 2.29. The van der Waals surface area contributed by atoms with Crippen LogP contribution in [0.2, 0.25) is 5.02 Å². The zero-order chi connectivity index (χ0) is 14.4. The summed E-state index contributed by atoms with van der Waals surface area (Å²) < 4.78 is 5.54. The van der Waals surface area contributed by atoms with Gasteiger partial charge in [-0.1, -0.05) is 30.7 Å². The second-order valence-electron chi connectivity index (χ2n) is 4.98. The van der Waals surface area contributed by atoms with Gasteiger partial charge in [0.2, 0.25) is 5.91 Å². The Bertz CT molecular complexity index is 430. The van der Waals surface area contributed by atoms with E-state index in [1.54, 1.807) is 0 Å². The van der Waals surface area contributed by atoms with E-state index in [4.69, 9.17) is 16.3 Å². The first kappa shape index (κ1) is 15.3. The number of hydrogen-bond donors (Lipinski definition) is 2. The number of carbonyl (C=O) groups excluding carboxylic acids is 1. The van der Waals surface area contributed by atoms with E-state index in [1.165, 1.54) is 0 Å². The number of ether oxygens (including phenoxy) is 1. The average molecular weight is 297 g/mol. The Hall–Kier alpha value is -1.10. The van der Waals surface area contributed by atoms with E-state index in [2.05, 4.69) is 17.6 Å². The highest BCUT2D eigenvalue weighted by Gasteiger charge is 2.19. The van der Waals surface area contributed by atoms with Crippen molar-refractivity contribution in [2.75, 3.05) is 19.7 Å². The van der Waals surface area contributed by atoms with Crippen molar-refractivity contribution in [3.05, 3.63) is 34.9 Å². The Morgan fingerprint density at radius 2 is 2.25 bits per heavy atom. The van der Waals surface area contributed by atoms with E-state index in [0.717, 1.165) is 25.1 Å². The van der Waals surface area contributed by atoms with Crippen molar-refractivity contribution in [2.24, 2.45) is 0 Å². The van der Waals surface area contributed by atoms with E-state index in [1.807, 2.05) is 24.3 Å². The van der Waals surface area contributed by atoms with Crippen molar-refractivity contribution in [1.29, 1.82) is 0 Å². The van der Waals surface area contributed by atoms with Crippen molar-refractivity contribution < 1.29 is 9.53 Å². The summed E-state index contributed by atoms with van der Waals surface area (Å²) >= 11 is 5.88. The van der Waals surface area contributed by atoms with Crippen molar-refractivity contribution in [1.82, 2.24) is 10.6 Å². The first-order valence-electron chi connectivity index (χ1n) is 7.06. The van der Waals surface area contributed by atoms with Gasteiger partial charge in [-0.25, -0.2) is 0 Å². The van der Waals surface area contributed by atoms with Crippen molar-refractivity contribution >= 4 is 17.5 Å². The molecule has 2 unspecified atom stereocenters. The highest BCUT2D eigenvalue weighted by atomic mass is 35.5. The highest BCUT2D eigenvalue weighted by molar-refractivity contribution is 6.30. The van der Waals surface area contributed by atoms with Crippen LogP contribution in [0.4, 0.5) is 0 Å². The van der Waals surface area contributed by atoms with Gasteiger partial charge in [-0.15, -0.1) is 0 Å². The Kier molecular flexibility index (Phi) is 5.83. The topological polar surface area (TPSA) is 50.4 Å². The Morgan fingerprint density at radius 3 is 2.85 bits per heavy atom. The highest BCUT2D eigenvalue weighted by Crippen LogP contribution is 2.19. The number of halogens is 1. The third-order valence-corrected chi connectivity index (χ3v) is 3.69. The van der Waals surface area contributed by atoms with E-state index < -0.39 is 0 Å². The molecule has 0 spiro atoms. The van der Waals surface area contributed by atoms with Gasteiger partial charge >= 0.3 is 0 Å². The number of amides is 1. The Labute approximate surface area is 124 Å². The molecule has 0 radical (unpaired) electrons. The van der Waals surface area contributed by atoms with Crippen LogP contribution in [0, 0.1) is 0 Å². The van der Waals surface area contributed by atoms with Crippen LogP contribution in [0.1, 0.15) is 31.4 Å². The van der Waals surface area contributed by atoms with E-state index >= 15 is 0 Å². The lowest BCUT2D eigenvalue weighted by Crippen LogP contribution is -2.41. The number of nitrogens with one attached hydrogen (secondary N) is 2. The van der Waals surface area contributed by atoms with Gasteiger partial charge in [-0.05, 0) is 24.1 Å². The fourth-order valence-corrected chi connectivity index (χ4v) is 2.45. The summed E-state index contributed by atoms with van der Waals surface area (Å²) in [5, 5.41) is 6.99. The van der Waals surface area contributed by atoms with Gasteiger partial charge in [-0.2, -0.15) is 0 Å². The van der Waals surface area contributed by atoms with Crippen LogP contribution < -0.4 is 10.6 Å². The van der Waals surface area contributed by atoms with Crippen molar-refractivity contribution in [3.63, 3.8) is 0 Å². The summed E-state index contributed by atoms with van der Waals surface area (Å²) in [7, 11) is 0. The number of hydrogen-bond acceptors (Lipinski definition) is 3. The van der Waals surface area contributed by atoms with Crippen molar-refractivity contribution in [2.45, 2.75) is 31.9 Å². The molecule has 2 rings (SSSR count).